The SMILES string of the molecule is Cc1cc(Nc2ncnc3ccc(NC(=O)C#CCCOP(=O)([O-])O)cc23)ccc1Oc1ccn2ncnc2c1. The number of nitrogens with zero attached hydrogens (tertiary/aromatic N) is 5. The Morgan fingerprint density at radius 3 is 2.77 bits per heavy atom. The maximum atomic E-state index is 12.2. The van der Waals surface area contributed by atoms with Crippen LogP contribution in [0.15, 0.2) is 67.4 Å². The van der Waals surface area contributed by atoms with Crippen LogP contribution in [0.5, 0.6) is 11.5 Å². The highest BCUT2D eigenvalue weighted by atomic mass is 31.2. The molecule has 202 valence electrons. The number of benzene rings is 2. The summed E-state index contributed by atoms with van der Waals surface area (Å²) in [5.41, 5.74) is 3.46. The van der Waals surface area contributed by atoms with Gasteiger partial charge in [-0.1, -0.05) is 5.92 Å². The number of phosphoric ester groups is 1. The largest absolute Gasteiger partial charge is 0.756 e. The number of aromatic nitrogens is 5. The maximum absolute atomic E-state index is 12.2. The first kappa shape index (κ1) is 26.7. The van der Waals surface area contributed by atoms with Gasteiger partial charge in [-0.2, -0.15) is 5.10 Å². The Labute approximate surface area is 227 Å². The molecule has 5 aromatic rings. The number of aryl methyl sites for hydroxylation is 1. The summed E-state index contributed by atoms with van der Waals surface area (Å²) in [5.74, 6) is 6.06. The molecule has 0 saturated carbocycles. The minimum atomic E-state index is -4.81. The number of hydrogen-bond acceptors (Lipinski definition) is 10. The van der Waals surface area contributed by atoms with Gasteiger partial charge in [0.25, 0.3) is 13.7 Å². The van der Waals surface area contributed by atoms with Crippen LogP contribution in [0.1, 0.15) is 12.0 Å². The molecule has 0 aliphatic carbocycles. The molecular weight excluding hydrogens is 537 g/mol. The number of anilines is 3. The standard InChI is InChI=1S/C26H22N7O6P/c1-17-12-18(6-8-23(17)39-20-9-10-33-24(14-20)28-16-30-33)32-26-21-13-19(5-7-22(21)27-15-29-26)31-25(34)4-2-3-11-38-40(35,36)37/h5-10,12-16H,3,11H2,1H3,(H,31,34)(H,27,29,32)(H2,35,36,37)/p-1. The first-order chi connectivity index (χ1) is 19.2. The maximum Gasteiger partial charge on any atom is 0.300 e. The molecule has 1 amide bonds. The molecule has 3 aromatic heterocycles. The lowest BCUT2D eigenvalue weighted by molar-refractivity contribution is -0.219. The van der Waals surface area contributed by atoms with Crippen molar-refractivity contribution in [3.63, 3.8) is 0 Å². The van der Waals surface area contributed by atoms with Crippen LogP contribution >= 0.6 is 7.82 Å². The van der Waals surface area contributed by atoms with E-state index in [9.17, 15) is 14.3 Å². The first-order valence-electron chi connectivity index (χ1n) is 11.8. The first-order valence-corrected chi connectivity index (χ1v) is 13.3. The van der Waals surface area contributed by atoms with Crippen molar-refractivity contribution in [3.8, 4) is 23.3 Å². The molecule has 40 heavy (non-hydrogen) atoms. The summed E-state index contributed by atoms with van der Waals surface area (Å²) < 4.78 is 22.4. The number of rotatable bonds is 8. The number of phosphoric acid groups is 1. The number of carbonyl (C=O) groups is 1. The smallest absolute Gasteiger partial charge is 0.300 e. The number of nitrogens with one attached hydrogen (secondary N) is 2. The third-order valence-corrected chi connectivity index (χ3v) is 6.00. The third-order valence-electron chi connectivity index (χ3n) is 5.49. The summed E-state index contributed by atoms with van der Waals surface area (Å²) in [4.78, 5) is 44.1. The average molecular weight is 558 g/mol. The Morgan fingerprint density at radius 2 is 1.95 bits per heavy atom. The zero-order valence-electron chi connectivity index (χ0n) is 20.9. The molecule has 0 spiro atoms. The summed E-state index contributed by atoms with van der Waals surface area (Å²) in [6.45, 7) is 1.57. The van der Waals surface area contributed by atoms with Crippen molar-refractivity contribution in [2.24, 2.45) is 0 Å². The Bertz CT molecular complexity index is 1830. The van der Waals surface area contributed by atoms with E-state index in [1.807, 2.05) is 25.1 Å². The van der Waals surface area contributed by atoms with Gasteiger partial charge in [-0.3, -0.25) is 9.36 Å². The summed E-state index contributed by atoms with van der Waals surface area (Å²) in [6.07, 6.45) is 4.63. The van der Waals surface area contributed by atoms with Crippen molar-refractivity contribution >= 4 is 47.5 Å². The molecule has 5 rings (SSSR count). The van der Waals surface area contributed by atoms with Gasteiger partial charge >= 0.3 is 0 Å². The van der Waals surface area contributed by atoms with E-state index in [1.165, 1.54) is 12.7 Å². The van der Waals surface area contributed by atoms with Crippen molar-refractivity contribution < 1.29 is 28.4 Å². The number of carbonyl (C=O) groups excluding carboxylic acids is 1. The van der Waals surface area contributed by atoms with Crippen molar-refractivity contribution in [2.75, 3.05) is 17.2 Å². The Hall–Kier alpha value is -4.86. The van der Waals surface area contributed by atoms with Gasteiger partial charge in [0.15, 0.2) is 5.65 Å². The molecule has 1 unspecified atom stereocenters. The molecule has 0 saturated heterocycles. The molecule has 3 N–H and O–H groups in total. The minimum absolute atomic E-state index is 0.0553. The van der Waals surface area contributed by atoms with Gasteiger partial charge in [0.2, 0.25) is 0 Å². The van der Waals surface area contributed by atoms with E-state index < -0.39 is 13.7 Å². The fraction of sp³-hybridized carbons (Fsp3) is 0.115. The lowest BCUT2D eigenvalue weighted by Gasteiger charge is -2.13. The predicted octanol–water partition coefficient (Wildman–Crippen LogP) is 3.33. The second-order valence-electron chi connectivity index (χ2n) is 8.39. The van der Waals surface area contributed by atoms with E-state index in [1.54, 1.807) is 41.0 Å². The van der Waals surface area contributed by atoms with Gasteiger partial charge in [-0.05, 0) is 60.9 Å². The molecule has 0 bridgehead atoms. The summed E-state index contributed by atoms with van der Waals surface area (Å²) in [5, 5.41) is 10.7. The summed E-state index contributed by atoms with van der Waals surface area (Å²) in [6, 6.07) is 14.4. The molecule has 0 radical (unpaired) electrons. The van der Waals surface area contributed by atoms with E-state index >= 15 is 0 Å². The zero-order chi connectivity index (χ0) is 28.1. The van der Waals surface area contributed by atoms with Crippen LogP contribution in [0.25, 0.3) is 16.6 Å². The van der Waals surface area contributed by atoms with Crippen molar-refractivity contribution in [3.05, 3.63) is 72.9 Å². The molecule has 0 fully saturated rings. The molecule has 2 aromatic carbocycles. The third kappa shape index (κ3) is 6.76. The van der Waals surface area contributed by atoms with Gasteiger partial charge in [-0.25, -0.2) is 19.5 Å². The summed E-state index contributed by atoms with van der Waals surface area (Å²) in [7, 11) is -4.81. The number of amides is 1. The van der Waals surface area contributed by atoms with Crippen LogP contribution in [0.2, 0.25) is 0 Å². The minimum Gasteiger partial charge on any atom is -0.756 e. The van der Waals surface area contributed by atoms with Crippen molar-refractivity contribution in [1.29, 1.82) is 0 Å². The molecule has 13 nitrogen and oxygen atoms in total. The van der Waals surface area contributed by atoms with E-state index in [2.05, 4.69) is 47.0 Å². The summed E-state index contributed by atoms with van der Waals surface area (Å²) >= 11 is 0. The van der Waals surface area contributed by atoms with Crippen LogP contribution in [0.3, 0.4) is 0 Å². The zero-order valence-corrected chi connectivity index (χ0v) is 21.8. The van der Waals surface area contributed by atoms with E-state index in [-0.39, 0.29) is 13.0 Å². The lowest BCUT2D eigenvalue weighted by atomic mass is 10.1. The quantitative estimate of drug-likeness (QED) is 0.145. The predicted molar refractivity (Wildman–Crippen MR) is 144 cm³/mol. The Balaban J connectivity index is 1.28. The van der Waals surface area contributed by atoms with Crippen LogP contribution in [0, 0.1) is 18.8 Å². The van der Waals surface area contributed by atoms with Crippen LogP contribution in [-0.4, -0.2) is 42.0 Å². The topological polar surface area (TPSA) is 176 Å². The van der Waals surface area contributed by atoms with E-state index in [4.69, 9.17) is 9.63 Å². The van der Waals surface area contributed by atoms with Crippen LogP contribution in [-0.2, 0) is 13.9 Å². The van der Waals surface area contributed by atoms with E-state index in [0.717, 1.165) is 11.3 Å². The monoisotopic (exact) mass is 558 g/mol. The number of fused-ring (bicyclic) bond motifs is 2. The van der Waals surface area contributed by atoms with Crippen LogP contribution < -0.4 is 20.3 Å². The molecule has 3 heterocycles. The van der Waals surface area contributed by atoms with Gasteiger partial charge in [0, 0.05) is 35.4 Å². The average Bonchev–Trinajstić information content (AvgIpc) is 3.38. The van der Waals surface area contributed by atoms with Gasteiger partial charge in [0.05, 0.1) is 12.1 Å². The second-order valence-corrected chi connectivity index (χ2v) is 9.59. The molecule has 0 aliphatic rings. The fourth-order valence-corrected chi connectivity index (χ4v) is 4.04. The second kappa shape index (κ2) is 11.5. The molecule has 1 atom stereocenters. The highest BCUT2D eigenvalue weighted by Gasteiger charge is 2.10. The molecule has 14 heteroatoms. The highest BCUT2D eigenvalue weighted by Crippen LogP contribution is 2.31. The van der Waals surface area contributed by atoms with Gasteiger partial charge < -0.3 is 29.7 Å². The van der Waals surface area contributed by atoms with Gasteiger partial charge in [-0.15, -0.1) is 0 Å². The molecule has 0 aliphatic heterocycles. The number of pyridine rings is 1. The van der Waals surface area contributed by atoms with Crippen molar-refractivity contribution in [2.45, 2.75) is 13.3 Å². The number of hydrogen-bond donors (Lipinski definition) is 3. The van der Waals surface area contributed by atoms with Crippen molar-refractivity contribution in [1.82, 2.24) is 24.6 Å². The molecular formula is C26H21N7O6P-. The normalized spacial score (nSPS) is 12.4. The fourth-order valence-electron chi connectivity index (χ4n) is 3.72. The lowest BCUT2D eigenvalue weighted by Crippen LogP contribution is -2.09. The number of ether oxygens (including phenoxy) is 1. The Kier molecular flexibility index (Phi) is 7.68. The Morgan fingerprint density at radius 1 is 1.10 bits per heavy atom. The van der Waals surface area contributed by atoms with E-state index in [0.29, 0.717) is 39.6 Å². The van der Waals surface area contributed by atoms with Crippen LogP contribution in [0.4, 0.5) is 17.2 Å². The highest BCUT2D eigenvalue weighted by molar-refractivity contribution is 7.44. The van der Waals surface area contributed by atoms with Gasteiger partial charge in [0.1, 0.15) is 30.0 Å².